The summed E-state index contributed by atoms with van der Waals surface area (Å²) in [6.45, 7) is 4.04. The summed E-state index contributed by atoms with van der Waals surface area (Å²) >= 11 is 1.50. The van der Waals surface area contributed by atoms with Gasteiger partial charge in [-0.25, -0.2) is 0 Å². The van der Waals surface area contributed by atoms with E-state index < -0.39 is 0 Å². The van der Waals surface area contributed by atoms with E-state index in [-0.39, 0.29) is 33.1 Å². The smallest absolute Gasteiger partial charge is 0.306 e. The van der Waals surface area contributed by atoms with Crippen LogP contribution in [-0.2, 0) is 19.1 Å². The molecule has 0 radical (unpaired) electrons. The fourth-order valence-corrected chi connectivity index (χ4v) is 9.05. The Labute approximate surface area is 171 Å². The molecule has 4 nitrogen and oxygen atoms in total. The van der Waals surface area contributed by atoms with Crippen molar-refractivity contribution in [2.24, 2.45) is 29.1 Å². The van der Waals surface area contributed by atoms with Gasteiger partial charge in [-0.1, -0.05) is 24.3 Å². The number of rotatable bonds is 1. The quantitative estimate of drug-likeness (QED) is 0.606. The Hall–Kier alpha value is -1.10. The van der Waals surface area contributed by atoms with Gasteiger partial charge < -0.3 is 4.74 Å². The number of ether oxygens (including phenoxy) is 1. The van der Waals surface area contributed by atoms with Crippen LogP contribution in [0.15, 0.2) is 11.6 Å². The first kappa shape index (κ1) is 18.9. The van der Waals surface area contributed by atoms with Crippen LogP contribution in [0.3, 0.4) is 0 Å². The maximum atomic E-state index is 12.1. The third kappa shape index (κ3) is 2.60. The molecule has 1 unspecified atom stereocenters. The minimum Gasteiger partial charge on any atom is -0.458 e. The Kier molecular flexibility index (Phi) is 4.35. The molecular formula is C23H30O4S. The lowest BCUT2D eigenvalue weighted by Gasteiger charge is -2.57. The van der Waals surface area contributed by atoms with Crippen LogP contribution in [0.1, 0.15) is 71.6 Å². The Balaban J connectivity index is 1.52. The van der Waals surface area contributed by atoms with Gasteiger partial charge >= 0.3 is 5.97 Å². The van der Waals surface area contributed by atoms with Gasteiger partial charge in [0.25, 0.3) is 0 Å². The molecule has 0 amide bonds. The number of carbonyl (C=O) groups excluding carboxylic acids is 3. The zero-order valence-corrected chi connectivity index (χ0v) is 17.7. The number of fused-ring (bicyclic) bond motifs is 6. The highest BCUT2D eigenvalue weighted by Crippen LogP contribution is 2.68. The number of thioether (sulfide) groups is 1. The molecule has 1 aliphatic heterocycles. The first-order valence-corrected chi connectivity index (χ1v) is 11.8. The minimum absolute atomic E-state index is 0.0293. The lowest BCUT2D eigenvalue weighted by Crippen LogP contribution is -2.55. The van der Waals surface area contributed by atoms with Crippen LogP contribution < -0.4 is 0 Å². The molecule has 5 heteroatoms. The number of esters is 1. The zero-order chi connectivity index (χ0) is 19.7. The summed E-state index contributed by atoms with van der Waals surface area (Å²) in [6, 6.07) is 0. The van der Waals surface area contributed by atoms with Crippen LogP contribution in [0, 0.1) is 29.1 Å². The molecule has 0 aromatic rings. The van der Waals surface area contributed by atoms with Crippen LogP contribution in [0.4, 0.5) is 0 Å². The van der Waals surface area contributed by atoms with Gasteiger partial charge in [0.1, 0.15) is 5.60 Å². The van der Waals surface area contributed by atoms with Gasteiger partial charge in [-0.2, -0.15) is 0 Å². The van der Waals surface area contributed by atoms with E-state index in [1.165, 1.54) is 17.3 Å². The van der Waals surface area contributed by atoms with Crippen molar-refractivity contribution in [3.05, 3.63) is 11.6 Å². The van der Waals surface area contributed by atoms with Gasteiger partial charge in [0.2, 0.25) is 0 Å². The second kappa shape index (κ2) is 6.45. The molecule has 1 spiro atoms. The van der Waals surface area contributed by atoms with Crippen molar-refractivity contribution in [2.45, 2.75) is 82.5 Å². The molecule has 1 heterocycles. The van der Waals surface area contributed by atoms with Crippen molar-refractivity contribution >= 4 is 28.6 Å². The molecule has 152 valence electrons. The summed E-state index contributed by atoms with van der Waals surface area (Å²) in [5.74, 6) is 2.30. The maximum Gasteiger partial charge on any atom is 0.306 e. The van der Waals surface area contributed by atoms with E-state index in [2.05, 4.69) is 6.92 Å². The SMILES string of the molecule is CC(=O)S[C@@H]1CC2=CC(=O)CCC2[C@H]2CC[C@@]3(C)[C@@H](CC[C@@]34CCC(=O)O4)[C@@H]21. The van der Waals surface area contributed by atoms with Gasteiger partial charge in [-0.05, 0) is 74.7 Å². The molecule has 0 aromatic heterocycles. The third-order valence-corrected chi connectivity index (χ3v) is 10.1. The highest BCUT2D eigenvalue weighted by Gasteiger charge is 2.67. The van der Waals surface area contributed by atoms with Crippen molar-refractivity contribution in [1.82, 2.24) is 0 Å². The van der Waals surface area contributed by atoms with Crippen molar-refractivity contribution in [2.75, 3.05) is 0 Å². The summed E-state index contributed by atoms with van der Waals surface area (Å²) in [4.78, 5) is 36.1. The van der Waals surface area contributed by atoms with Crippen LogP contribution in [0.25, 0.3) is 0 Å². The Morgan fingerprint density at radius 1 is 1.14 bits per heavy atom. The first-order valence-electron chi connectivity index (χ1n) is 11.0. The topological polar surface area (TPSA) is 60.4 Å². The molecule has 28 heavy (non-hydrogen) atoms. The maximum absolute atomic E-state index is 12.1. The number of ketones is 1. The van der Waals surface area contributed by atoms with Crippen LogP contribution in [-0.4, -0.2) is 27.7 Å². The van der Waals surface area contributed by atoms with Crippen molar-refractivity contribution < 1.29 is 19.1 Å². The molecular weight excluding hydrogens is 372 g/mol. The summed E-state index contributed by atoms with van der Waals surface area (Å²) < 4.78 is 6.03. The number of allylic oxidation sites excluding steroid dienone is 1. The van der Waals surface area contributed by atoms with Crippen molar-refractivity contribution in [1.29, 1.82) is 0 Å². The predicted octanol–water partition coefficient (Wildman–Crippen LogP) is 4.46. The molecule has 3 saturated carbocycles. The van der Waals surface area contributed by atoms with Gasteiger partial charge in [0, 0.05) is 30.4 Å². The summed E-state index contributed by atoms with van der Waals surface area (Å²) in [5.41, 5.74) is 1.06. The number of hydrogen-bond donors (Lipinski definition) is 0. The van der Waals surface area contributed by atoms with Gasteiger partial charge in [0.05, 0.1) is 0 Å². The first-order chi connectivity index (χ1) is 13.3. The second-order valence-electron chi connectivity index (χ2n) is 9.99. The normalized spacial score (nSPS) is 47.2. The van der Waals surface area contributed by atoms with E-state index in [0.29, 0.717) is 36.5 Å². The summed E-state index contributed by atoms with van der Waals surface area (Å²) in [7, 11) is 0. The standard InChI is InChI=1S/C23H30O4S/c1-13(24)28-19-12-14-11-15(25)3-4-16(14)17-5-8-22(2)18(21(17)19)6-9-23(22)10-7-20(26)27-23/h11,16-19,21H,3-10,12H2,1-2H3/t16?,17-,18+,19-,21-,22+,23-/m1/s1. The Morgan fingerprint density at radius 2 is 1.96 bits per heavy atom. The van der Waals surface area contributed by atoms with Crippen molar-refractivity contribution in [3.63, 3.8) is 0 Å². The molecule has 4 aliphatic carbocycles. The van der Waals surface area contributed by atoms with Crippen molar-refractivity contribution in [3.8, 4) is 0 Å². The van der Waals surface area contributed by atoms with Gasteiger partial charge in [-0.15, -0.1) is 0 Å². The third-order valence-electron chi connectivity index (χ3n) is 8.94. The van der Waals surface area contributed by atoms with E-state index in [0.717, 1.165) is 44.9 Å². The highest BCUT2D eigenvalue weighted by atomic mass is 32.2. The number of hydrogen-bond acceptors (Lipinski definition) is 5. The molecule has 7 atom stereocenters. The monoisotopic (exact) mass is 402 g/mol. The molecule has 5 rings (SSSR count). The van der Waals surface area contributed by atoms with E-state index in [9.17, 15) is 14.4 Å². The molecule has 0 aromatic carbocycles. The summed E-state index contributed by atoms with van der Waals surface area (Å²) in [6.07, 6.45) is 10.2. The number of carbonyl (C=O) groups is 3. The predicted molar refractivity (Wildman–Crippen MR) is 108 cm³/mol. The molecule has 0 bridgehead atoms. The average Bonchev–Trinajstić information content (AvgIpc) is 3.15. The van der Waals surface area contributed by atoms with Crippen LogP contribution in [0.5, 0.6) is 0 Å². The van der Waals surface area contributed by atoms with E-state index in [1.54, 1.807) is 6.92 Å². The average molecular weight is 403 g/mol. The second-order valence-corrected chi connectivity index (χ2v) is 11.4. The zero-order valence-electron chi connectivity index (χ0n) is 16.9. The van der Waals surface area contributed by atoms with Gasteiger partial charge in [0.15, 0.2) is 10.9 Å². The Bertz CT molecular complexity index is 773. The lowest BCUT2D eigenvalue weighted by atomic mass is 9.50. The lowest BCUT2D eigenvalue weighted by molar-refractivity contribution is -0.165. The van der Waals surface area contributed by atoms with Crippen LogP contribution >= 0.6 is 11.8 Å². The van der Waals surface area contributed by atoms with E-state index >= 15 is 0 Å². The molecule has 4 fully saturated rings. The molecule has 1 saturated heterocycles. The largest absolute Gasteiger partial charge is 0.458 e. The van der Waals surface area contributed by atoms with Crippen LogP contribution in [0.2, 0.25) is 0 Å². The highest BCUT2D eigenvalue weighted by molar-refractivity contribution is 8.14. The van der Waals surface area contributed by atoms with Gasteiger partial charge in [-0.3, -0.25) is 14.4 Å². The summed E-state index contributed by atoms with van der Waals surface area (Å²) in [5, 5.41) is 0.435. The fourth-order valence-electron chi connectivity index (χ4n) is 7.80. The molecule has 0 N–H and O–H groups in total. The Morgan fingerprint density at radius 3 is 2.68 bits per heavy atom. The molecule has 5 aliphatic rings. The van der Waals surface area contributed by atoms with E-state index in [1.807, 2.05) is 6.08 Å². The van der Waals surface area contributed by atoms with E-state index in [4.69, 9.17) is 4.74 Å². The minimum atomic E-state index is -0.274. The fraction of sp³-hybridized carbons (Fsp3) is 0.783.